The first-order valence-electron chi connectivity index (χ1n) is 10.9. The molecule has 0 spiro atoms. The van der Waals surface area contributed by atoms with Crippen LogP contribution in [0.25, 0.3) is 10.9 Å². The molecule has 4 aromatic rings. The molecule has 0 aliphatic carbocycles. The first-order chi connectivity index (χ1) is 16.3. The lowest BCUT2D eigenvalue weighted by molar-refractivity contribution is -0.118. The Morgan fingerprint density at radius 2 is 1.82 bits per heavy atom. The minimum atomic E-state index is -0.211. The number of carbonyl (C=O) groups is 1. The van der Waals surface area contributed by atoms with Gasteiger partial charge in [0.25, 0.3) is 5.91 Å². The van der Waals surface area contributed by atoms with Gasteiger partial charge in [-0.05, 0) is 51.0 Å². The zero-order chi connectivity index (χ0) is 24.2. The number of fused-ring (bicyclic) bond motifs is 1. The number of hydrogen-bond donors (Lipinski definition) is 1. The van der Waals surface area contributed by atoms with Crippen LogP contribution in [0.2, 0.25) is 5.02 Å². The molecule has 1 N–H and O–H groups in total. The normalized spacial score (nSPS) is 11.4. The van der Waals surface area contributed by atoms with Gasteiger partial charge in [-0.3, -0.25) is 4.79 Å². The summed E-state index contributed by atoms with van der Waals surface area (Å²) < 4.78 is 2.25. The summed E-state index contributed by atoms with van der Waals surface area (Å²) in [6.07, 6.45) is 1.72. The van der Waals surface area contributed by atoms with Gasteiger partial charge in [0.2, 0.25) is 0 Å². The second-order valence-electron chi connectivity index (χ2n) is 8.16. The molecule has 1 amide bonds. The van der Waals surface area contributed by atoms with E-state index in [9.17, 15) is 4.79 Å². The molecule has 2 aromatic carbocycles. The van der Waals surface area contributed by atoms with Crippen LogP contribution >= 0.6 is 23.4 Å². The summed E-state index contributed by atoms with van der Waals surface area (Å²) in [6.45, 7) is 8.64. The third kappa shape index (κ3) is 5.32. The second kappa shape index (κ2) is 10.4. The number of nitrogens with one attached hydrogen (secondary N) is 1. The van der Waals surface area contributed by atoms with Crippen molar-refractivity contribution in [2.75, 3.05) is 5.75 Å². The molecule has 0 saturated carbocycles. The fourth-order valence-electron chi connectivity index (χ4n) is 3.99. The predicted octanol–water partition coefficient (Wildman–Crippen LogP) is 5.61. The van der Waals surface area contributed by atoms with E-state index < -0.39 is 0 Å². The summed E-state index contributed by atoms with van der Waals surface area (Å²) in [5, 5.41) is 6.66. The fourth-order valence-corrected chi connectivity index (χ4v) is 4.93. The zero-order valence-electron chi connectivity index (χ0n) is 19.6. The van der Waals surface area contributed by atoms with E-state index in [-0.39, 0.29) is 11.7 Å². The number of thioether (sulfide) groups is 1. The van der Waals surface area contributed by atoms with Crippen LogP contribution < -0.4 is 5.43 Å². The van der Waals surface area contributed by atoms with Gasteiger partial charge in [-0.25, -0.2) is 15.4 Å². The molecule has 0 aliphatic heterocycles. The summed E-state index contributed by atoms with van der Waals surface area (Å²) in [5.74, 6) is -0.0234. The first-order valence-corrected chi connectivity index (χ1v) is 12.3. The summed E-state index contributed by atoms with van der Waals surface area (Å²) in [6, 6.07) is 16.0. The minimum Gasteiger partial charge on any atom is -0.340 e. The smallest absolute Gasteiger partial charge is 0.250 e. The van der Waals surface area contributed by atoms with Gasteiger partial charge in [0.1, 0.15) is 0 Å². The van der Waals surface area contributed by atoms with E-state index in [1.54, 1.807) is 6.21 Å². The average Bonchev–Trinajstić information content (AvgIpc) is 3.05. The van der Waals surface area contributed by atoms with Gasteiger partial charge in [-0.15, -0.1) is 0 Å². The van der Waals surface area contributed by atoms with Crippen LogP contribution in [-0.4, -0.2) is 32.4 Å². The maximum Gasteiger partial charge on any atom is 0.250 e. The molecule has 34 heavy (non-hydrogen) atoms. The number of aromatic nitrogens is 3. The van der Waals surface area contributed by atoms with Gasteiger partial charge in [-0.1, -0.05) is 59.8 Å². The Bertz CT molecular complexity index is 1380. The number of halogens is 1. The topological polar surface area (TPSA) is 72.2 Å². The number of para-hydroxylation sites is 1. The number of nitrogens with zero attached hydrogens (tertiary/aromatic N) is 4. The molecule has 0 atom stereocenters. The van der Waals surface area contributed by atoms with E-state index in [2.05, 4.69) is 51.0 Å². The molecule has 2 heterocycles. The van der Waals surface area contributed by atoms with Crippen molar-refractivity contribution in [3.05, 3.63) is 87.3 Å². The Balaban J connectivity index is 1.53. The average molecular weight is 492 g/mol. The van der Waals surface area contributed by atoms with Crippen LogP contribution in [0.3, 0.4) is 0 Å². The van der Waals surface area contributed by atoms with E-state index in [0.29, 0.717) is 11.7 Å². The van der Waals surface area contributed by atoms with Crippen LogP contribution in [0, 0.1) is 27.7 Å². The van der Waals surface area contributed by atoms with Crippen molar-refractivity contribution in [2.24, 2.45) is 5.10 Å². The molecule has 0 radical (unpaired) electrons. The van der Waals surface area contributed by atoms with Crippen molar-refractivity contribution in [3.63, 3.8) is 0 Å². The zero-order valence-corrected chi connectivity index (χ0v) is 21.2. The van der Waals surface area contributed by atoms with Crippen molar-refractivity contribution >= 4 is 46.4 Å². The SMILES string of the molecule is Cc1cc(C)nc(SCC(=O)N/N=C/c2c(C)n(Cc3ccccc3Cl)c3c(C)cccc23)n1. The van der Waals surface area contributed by atoms with Gasteiger partial charge in [0.05, 0.1) is 17.5 Å². The summed E-state index contributed by atoms with van der Waals surface area (Å²) in [5.41, 5.74) is 9.77. The number of rotatable bonds is 7. The quantitative estimate of drug-likeness (QED) is 0.158. The molecule has 0 unspecified atom stereocenters. The maximum absolute atomic E-state index is 12.3. The lowest BCUT2D eigenvalue weighted by Gasteiger charge is -2.11. The number of aryl methyl sites for hydroxylation is 3. The molecule has 174 valence electrons. The largest absolute Gasteiger partial charge is 0.340 e. The molecule has 0 fully saturated rings. The van der Waals surface area contributed by atoms with Gasteiger partial charge >= 0.3 is 0 Å². The van der Waals surface area contributed by atoms with Crippen molar-refractivity contribution in [2.45, 2.75) is 39.4 Å². The van der Waals surface area contributed by atoms with E-state index in [1.807, 2.05) is 50.2 Å². The predicted molar refractivity (Wildman–Crippen MR) is 140 cm³/mol. The van der Waals surface area contributed by atoms with E-state index in [4.69, 9.17) is 11.6 Å². The molecule has 6 nitrogen and oxygen atoms in total. The number of benzene rings is 2. The molecular weight excluding hydrogens is 466 g/mol. The number of hydrazone groups is 1. The number of hydrogen-bond acceptors (Lipinski definition) is 5. The second-order valence-corrected chi connectivity index (χ2v) is 9.51. The fraction of sp³-hybridized carbons (Fsp3) is 0.231. The monoisotopic (exact) mass is 491 g/mol. The Labute approximate surface area is 208 Å². The van der Waals surface area contributed by atoms with Crippen molar-refractivity contribution in [1.29, 1.82) is 0 Å². The van der Waals surface area contributed by atoms with Crippen molar-refractivity contribution < 1.29 is 4.79 Å². The molecule has 0 aliphatic rings. The van der Waals surface area contributed by atoms with Crippen molar-refractivity contribution in [3.8, 4) is 0 Å². The van der Waals surface area contributed by atoms with Crippen LogP contribution in [-0.2, 0) is 11.3 Å². The molecule has 0 bridgehead atoms. The Kier molecular flexibility index (Phi) is 7.34. The number of carbonyl (C=O) groups excluding carboxylic acids is 1. The maximum atomic E-state index is 12.3. The molecule has 8 heteroatoms. The highest BCUT2D eigenvalue weighted by Gasteiger charge is 2.16. The highest BCUT2D eigenvalue weighted by molar-refractivity contribution is 7.99. The van der Waals surface area contributed by atoms with Crippen molar-refractivity contribution in [1.82, 2.24) is 20.0 Å². The molecular formula is C26H26ClN5OS. The Morgan fingerprint density at radius 1 is 1.09 bits per heavy atom. The summed E-state index contributed by atoms with van der Waals surface area (Å²) in [7, 11) is 0. The third-order valence-electron chi connectivity index (χ3n) is 5.56. The van der Waals surface area contributed by atoms with Crippen LogP contribution in [0.15, 0.2) is 58.8 Å². The highest BCUT2D eigenvalue weighted by Crippen LogP contribution is 2.29. The van der Waals surface area contributed by atoms with E-state index >= 15 is 0 Å². The minimum absolute atomic E-state index is 0.187. The molecule has 0 saturated heterocycles. The lowest BCUT2D eigenvalue weighted by atomic mass is 10.1. The highest BCUT2D eigenvalue weighted by atomic mass is 35.5. The summed E-state index contributed by atoms with van der Waals surface area (Å²) in [4.78, 5) is 21.0. The van der Waals surface area contributed by atoms with E-state index in [0.717, 1.165) is 44.1 Å². The van der Waals surface area contributed by atoms with Crippen LogP contribution in [0.5, 0.6) is 0 Å². The summed E-state index contributed by atoms with van der Waals surface area (Å²) >= 11 is 7.73. The lowest BCUT2D eigenvalue weighted by Crippen LogP contribution is -2.20. The number of amides is 1. The Morgan fingerprint density at radius 3 is 2.56 bits per heavy atom. The van der Waals surface area contributed by atoms with Crippen LogP contribution in [0.1, 0.15) is 33.8 Å². The molecule has 2 aromatic heterocycles. The van der Waals surface area contributed by atoms with Gasteiger partial charge in [-0.2, -0.15) is 5.10 Å². The Hall–Kier alpha value is -3.16. The third-order valence-corrected chi connectivity index (χ3v) is 6.77. The van der Waals surface area contributed by atoms with Gasteiger partial charge < -0.3 is 4.57 Å². The first kappa shape index (κ1) is 24.0. The van der Waals surface area contributed by atoms with Gasteiger partial charge in [0.15, 0.2) is 5.16 Å². The van der Waals surface area contributed by atoms with Crippen LogP contribution in [0.4, 0.5) is 0 Å². The van der Waals surface area contributed by atoms with E-state index in [1.165, 1.54) is 17.3 Å². The van der Waals surface area contributed by atoms with Gasteiger partial charge in [0, 0.05) is 39.6 Å². The molecule has 4 rings (SSSR count). The standard InChI is InChI=1S/C26H26ClN5OS/c1-16-8-7-10-21-22(19(4)32(25(16)21)14-20-9-5-6-11-23(20)27)13-28-31-24(33)15-34-26-29-17(2)12-18(3)30-26/h5-13H,14-15H2,1-4H3,(H,31,33)/b28-13+.